The smallest absolute Gasteiger partial charge is 0.407 e. The van der Waals surface area contributed by atoms with E-state index in [1.165, 1.54) is 0 Å². The number of rotatable bonds is 6. The summed E-state index contributed by atoms with van der Waals surface area (Å²) >= 11 is 0. The van der Waals surface area contributed by atoms with Gasteiger partial charge in [-0.1, -0.05) is 0 Å². The summed E-state index contributed by atoms with van der Waals surface area (Å²) in [5.41, 5.74) is -0.601. The van der Waals surface area contributed by atoms with Crippen LogP contribution in [-0.4, -0.2) is 37.2 Å². The number of nitrogens with zero attached hydrogens (tertiary/aromatic N) is 1. The normalized spacial score (nSPS) is 12.2. The average molecular weight is 288 g/mol. The van der Waals surface area contributed by atoms with Gasteiger partial charge in [0.2, 0.25) is 0 Å². The van der Waals surface area contributed by atoms with Crippen LogP contribution in [0.1, 0.15) is 33.6 Å². The molecule has 2 amide bonds. The van der Waals surface area contributed by atoms with E-state index in [-0.39, 0.29) is 13.0 Å². The van der Waals surface area contributed by atoms with Gasteiger partial charge in [-0.25, -0.2) is 4.79 Å². The molecule has 114 valence electrons. The van der Waals surface area contributed by atoms with E-state index in [9.17, 15) is 19.3 Å². The summed E-state index contributed by atoms with van der Waals surface area (Å²) in [6.45, 7) is 5.39. The van der Waals surface area contributed by atoms with Crippen LogP contribution in [-0.2, 0) is 19.1 Å². The Morgan fingerprint density at radius 2 is 1.85 bits per heavy atom. The molecule has 0 heterocycles. The molecular weight excluding hydrogens is 268 g/mol. The third kappa shape index (κ3) is 7.45. The van der Waals surface area contributed by atoms with E-state index in [1.807, 2.05) is 0 Å². The van der Waals surface area contributed by atoms with Crippen molar-refractivity contribution in [3.8, 4) is 0 Å². The maximum atomic E-state index is 11.3. The third-order valence-corrected chi connectivity index (χ3v) is 2.21. The number of esters is 1. The number of hydrogen-bond acceptors (Lipinski definition) is 6. The highest BCUT2D eigenvalue weighted by molar-refractivity contribution is 5.98. The van der Waals surface area contributed by atoms with Crippen molar-refractivity contribution < 1.29 is 23.9 Å². The van der Waals surface area contributed by atoms with Gasteiger partial charge in [0.05, 0.1) is 7.11 Å². The lowest BCUT2D eigenvalue weighted by Gasteiger charge is -2.19. The van der Waals surface area contributed by atoms with Crippen molar-refractivity contribution in [2.24, 2.45) is 11.1 Å². The fraction of sp³-hybridized carbons (Fsp3) is 0.750. The SMILES string of the molecule is COC(=O)C(CCCNC(=O)OC(C)(C)C)C(=O)N=O. The molecule has 0 aliphatic heterocycles. The van der Waals surface area contributed by atoms with Crippen LogP contribution in [0.2, 0.25) is 0 Å². The molecule has 0 saturated carbocycles. The molecule has 0 aliphatic rings. The number of carbonyl (C=O) groups excluding carboxylic acids is 3. The fourth-order valence-corrected chi connectivity index (χ4v) is 1.36. The molecule has 0 aromatic carbocycles. The number of alkyl carbamates (subject to hydrolysis) is 1. The van der Waals surface area contributed by atoms with Gasteiger partial charge < -0.3 is 14.8 Å². The molecule has 20 heavy (non-hydrogen) atoms. The molecule has 1 N–H and O–H groups in total. The minimum absolute atomic E-state index is 0.0625. The number of amides is 2. The third-order valence-electron chi connectivity index (χ3n) is 2.21. The van der Waals surface area contributed by atoms with Crippen molar-refractivity contribution in [2.45, 2.75) is 39.2 Å². The zero-order chi connectivity index (χ0) is 15.8. The van der Waals surface area contributed by atoms with Gasteiger partial charge in [-0.2, -0.15) is 0 Å². The summed E-state index contributed by atoms with van der Waals surface area (Å²) < 4.78 is 9.41. The molecular formula is C12H20N2O6. The second kappa shape index (κ2) is 8.23. The first-order valence-corrected chi connectivity index (χ1v) is 6.13. The van der Waals surface area contributed by atoms with Gasteiger partial charge in [-0.3, -0.25) is 9.59 Å². The Kier molecular flexibility index (Phi) is 7.42. The first kappa shape index (κ1) is 18.0. The lowest BCUT2D eigenvalue weighted by atomic mass is 10.0. The van der Waals surface area contributed by atoms with Crippen molar-refractivity contribution in [1.29, 1.82) is 0 Å². The molecule has 0 fully saturated rings. The Labute approximate surface area is 117 Å². The largest absolute Gasteiger partial charge is 0.468 e. The van der Waals surface area contributed by atoms with Gasteiger partial charge in [0.1, 0.15) is 11.5 Å². The molecule has 0 rings (SSSR count). The number of carbonyl (C=O) groups is 3. The average Bonchev–Trinajstić information content (AvgIpc) is 2.35. The topological polar surface area (TPSA) is 111 Å². The van der Waals surface area contributed by atoms with Gasteiger partial charge in [-0.05, 0) is 33.6 Å². The summed E-state index contributed by atoms with van der Waals surface area (Å²) in [5, 5.41) is 4.69. The summed E-state index contributed by atoms with van der Waals surface area (Å²) in [5.74, 6) is -3.11. The van der Waals surface area contributed by atoms with Crippen LogP contribution < -0.4 is 5.32 Å². The molecule has 0 bridgehead atoms. The second-order valence-corrected chi connectivity index (χ2v) is 5.08. The predicted octanol–water partition coefficient (Wildman–Crippen LogP) is 1.37. The molecule has 1 unspecified atom stereocenters. The molecule has 8 heteroatoms. The Hall–Kier alpha value is -1.99. The zero-order valence-electron chi connectivity index (χ0n) is 12.1. The first-order chi connectivity index (χ1) is 9.21. The molecule has 8 nitrogen and oxygen atoms in total. The highest BCUT2D eigenvalue weighted by Gasteiger charge is 2.28. The number of ether oxygens (including phenoxy) is 2. The zero-order valence-corrected chi connectivity index (χ0v) is 12.1. The minimum Gasteiger partial charge on any atom is -0.468 e. The molecule has 0 aromatic rings. The quantitative estimate of drug-likeness (QED) is 0.342. The van der Waals surface area contributed by atoms with E-state index in [2.05, 4.69) is 15.2 Å². The van der Waals surface area contributed by atoms with Crippen molar-refractivity contribution in [3.05, 3.63) is 4.91 Å². The summed E-state index contributed by atoms with van der Waals surface area (Å²) in [7, 11) is 1.12. The Balaban J connectivity index is 4.13. The van der Waals surface area contributed by atoms with Gasteiger partial charge in [-0.15, -0.1) is 4.91 Å². The van der Waals surface area contributed by atoms with Crippen molar-refractivity contribution in [3.63, 3.8) is 0 Å². The monoisotopic (exact) mass is 288 g/mol. The fourth-order valence-electron chi connectivity index (χ4n) is 1.36. The molecule has 0 spiro atoms. The second-order valence-electron chi connectivity index (χ2n) is 5.08. The number of nitrogens with one attached hydrogen (secondary N) is 1. The number of hydrogen-bond donors (Lipinski definition) is 1. The van der Waals surface area contributed by atoms with Crippen molar-refractivity contribution >= 4 is 18.0 Å². The van der Waals surface area contributed by atoms with E-state index >= 15 is 0 Å². The van der Waals surface area contributed by atoms with Gasteiger partial charge >= 0.3 is 18.0 Å². The van der Waals surface area contributed by atoms with Crippen LogP contribution >= 0.6 is 0 Å². The first-order valence-electron chi connectivity index (χ1n) is 6.13. The van der Waals surface area contributed by atoms with Crippen LogP contribution in [0.4, 0.5) is 4.79 Å². The van der Waals surface area contributed by atoms with E-state index in [4.69, 9.17) is 4.74 Å². The summed E-state index contributed by atoms with van der Waals surface area (Å²) in [6.07, 6.45) is -0.222. The van der Waals surface area contributed by atoms with E-state index in [0.29, 0.717) is 6.42 Å². The number of nitroso groups, excluding NO2 is 1. The molecule has 0 radical (unpaired) electrons. The Morgan fingerprint density at radius 3 is 2.30 bits per heavy atom. The van der Waals surface area contributed by atoms with Crippen LogP contribution in [0.15, 0.2) is 5.18 Å². The summed E-state index contributed by atoms with van der Waals surface area (Å²) in [4.78, 5) is 43.9. The van der Waals surface area contributed by atoms with Crippen molar-refractivity contribution in [2.75, 3.05) is 13.7 Å². The van der Waals surface area contributed by atoms with Gasteiger partial charge in [0.25, 0.3) is 0 Å². The molecule has 0 aliphatic carbocycles. The minimum atomic E-state index is -1.22. The van der Waals surface area contributed by atoms with E-state index in [1.54, 1.807) is 20.8 Å². The predicted molar refractivity (Wildman–Crippen MR) is 69.8 cm³/mol. The lowest BCUT2D eigenvalue weighted by molar-refractivity contribution is -0.149. The molecule has 1 atom stereocenters. The van der Waals surface area contributed by atoms with E-state index in [0.717, 1.165) is 7.11 Å². The van der Waals surface area contributed by atoms with Gasteiger partial charge in [0.15, 0.2) is 0 Å². The van der Waals surface area contributed by atoms with E-state index < -0.39 is 29.5 Å². The standard InChI is InChI=1S/C12H20N2O6/c1-12(2,3)20-11(17)13-7-5-6-8(9(15)14-18)10(16)19-4/h8H,5-7H2,1-4H3,(H,13,17). The van der Waals surface area contributed by atoms with Gasteiger partial charge in [0, 0.05) is 11.7 Å². The van der Waals surface area contributed by atoms with Crippen molar-refractivity contribution in [1.82, 2.24) is 5.32 Å². The molecule has 0 saturated heterocycles. The highest BCUT2D eigenvalue weighted by Crippen LogP contribution is 2.11. The maximum Gasteiger partial charge on any atom is 0.407 e. The lowest BCUT2D eigenvalue weighted by Crippen LogP contribution is -2.33. The Bertz CT molecular complexity index is 375. The molecule has 0 aromatic heterocycles. The highest BCUT2D eigenvalue weighted by atomic mass is 16.6. The van der Waals surface area contributed by atoms with Crippen LogP contribution in [0.5, 0.6) is 0 Å². The van der Waals surface area contributed by atoms with Crippen LogP contribution in [0.25, 0.3) is 0 Å². The van der Waals surface area contributed by atoms with Crippen LogP contribution in [0.3, 0.4) is 0 Å². The summed E-state index contributed by atoms with van der Waals surface area (Å²) in [6, 6.07) is 0. The van der Waals surface area contributed by atoms with Crippen LogP contribution in [0, 0.1) is 10.8 Å². The maximum absolute atomic E-state index is 11.3. The Morgan fingerprint density at radius 1 is 1.25 bits per heavy atom. The number of methoxy groups -OCH3 is 1.